The van der Waals surface area contributed by atoms with Gasteiger partial charge in [0.2, 0.25) is 5.91 Å². The number of hydrogen-bond acceptors (Lipinski definition) is 2. The lowest BCUT2D eigenvalue weighted by molar-refractivity contribution is -0.140. The highest BCUT2D eigenvalue weighted by Gasteiger charge is 2.28. The van der Waals surface area contributed by atoms with Gasteiger partial charge in [-0.3, -0.25) is 9.59 Å². The van der Waals surface area contributed by atoms with Gasteiger partial charge in [0.1, 0.15) is 5.82 Å². The number of carbonyl (C=O) groups excluding carboxylic acids is 1. The van der Waals surface area contributed by atoms with Crippen LogP contribution in [-0.2, 0) is 9.59 Å². The number of carboxylic acid groups (broad SMARTS) is 1. The summed E-state index contributed by atoms with van der Waals surface area (Å²) in [6.45, 7) is 2.61. The van der Waals surface area contributed by atoms with Crippen molar-refractivity contribution < 1.29 is 19.1 Å². The Hall–Kier alpha value is -1.91. The Morgan fingerprint density at radius 1 is 1.39 bits per heavy atom. The molecule has 1 heterocycles. The van der Waals surface area contributed by atoms with E-state index in [2.05, 4.69) is 0 Å². The minimum Gasteiger partial charge on any atom is -0.481 e. The van der Waals surface area contributed by atoms with E-state index in [-0.39, 0.29) is 30.1 Å². The lowest BCUT2D eigenvalue weighted by atomic mass is 9.94. The van der Waals surface area contributed by atoms with Crippen LogP contribution < -0.4 is 0 Å². The molecule has 2 unspecified atom stereocenters. The van der Waals surface area contributed by atoms with E-state index >= 15 is 0 Å². The van der Waals surface area contributed by atoms with Crippen LogP contribution in [0.5, 0.6) is 0 Å². The lowest BCUT2D eigenvalue weighted by Crippen LogP contribution is -2.44. The van der Waals surface area contributed by atoms with Gasteiger partial charge < -0.3 is 10.0 Å². The number of carboxylic acids is 1. The molecule has 1 aliphatic heterocycles. The number of carbonyl (C=O) groups is 2. The molecule has 1 N–H and O–H groups in total. The normalized spacial score (nSPS) is 19.4. The molecule has 1 aliphatic rings. The smallest absolute Gasteiger partial charge is 0.303 e. The first-order chi connectivity index (χ1) is 11.0. The van der Waals surface area contributed by atoms with Crippen molar-refractivity contribution in [3.63, 3.8) is 0 Å². The van der Waals surface area contributed by atoms with Gasteiger partial charge in [-0.25, -0.2) is 4.39 Å². The summed E-state index contributed by atoms with van der Waals surface area (Å²) in [5, 5.41) is 8.85. The van der Waals surface area contributed by atoms with E-state index in [4.69, 9.17) is 5.11 Å². The maximum absolute atomic E-state index is 13.3. The fourth-order valence-electron chi connectivity index (χ4n) is 3.23. The molecule has 0 saturated carbocycles. The summed E-state index contributed by atoms with van der Waals surface area (Å²) in [6.07, 6.45) is 3.79. The van der Waals surface area contributed by atoms with E-state index < -0.39 is 5.97 Å². The second-order valence-corrected chi connectivity index (χ2v) is 6.33. The zero-order valence-electron chi connectivity index (χ0n) is 13.5. The van der Waals surface area contributed by atoms with Gasteiger partial charge in [0.25, 0.3) is 0 Å². The number of benzene rings is 1. The van der Waals surface area contributed by atoms with E-state index in [1.807, 2.05) is 17.9 Å². The first-order valence-electron chi connectivity index (χ1n) is 8.24. The summed E-state index contributed by atoms with van der Waals surface area (Å²) in [5.41, 5.74) is 0.817. The number of amides is 1. The molecule has 1 aromatic rings. The van der Waals surface area contributed by atoms with Gasteiger partial charge in [-0.15, -0.1) is 0 Å². The van der Waals surface area contributed by atoms with Crippen LogP contribution in [0.4, 0.5) is 4.39 Å². The Bertz CT molecular complexity index is 561. The largest absolute Gasteiger partial charge is 0.481 e. The van der Waals surface area contributed by atoms with E-state index in [1.54, 1.807) is 6.07 Å². The third-order valence-electron chi connectivity index (χ3n) is 4.54. The molecular formula is C18H24FNO3. The number of nitrogens with zero attached hydrogens (tertiary/aromatic N) is 1. The highest BCUT2D eigenvalue weighted by Crippen LogP contribution is 2.26. The molecule has 1 aromatic carbocycles. The molecular weight excluding hydrogens is 297 g/mol. The summed E-state index contributed by atoms with van der Waals surface area (Å²) in [7, 11) is 0. The summed E-state index contributed by atoms with van der Waals surface area (Å²) in [4.78, 5) is 25.2. The summed E-state index contributed by atoms with van der Waals surface area (Å²) in [6, 6.07) is 6.37. The van der Waals surface area contributed by atoms with Gasteiger partial charge >= 0.3 is 5.97 Å². The summed E-state index contributed by atoms with van der Waals surface area (Å²) in [5.74, 6) is -1.13. The second-order valence-electron chi connectivity index (χ2n) is 6.33. The SMILES string of the molecule is CC(CC(=O)N1CCCCC1CCC(=O)O)c1cccc(F)c1. The van der Waals surface area contributed by atoms with E-state index in [0.717, 1.165) is 24.8 Å². The van der Waals surface area contributed by atoms with Crippen molar-refractivity contribution in [3.8, 4) is 0 Å². The van der Waals surface area contributed by atoms with E-state index in [1.165, 1.54) is 12.1 Å². The molecule has 1 saturated heterocycles. The van der Waals surface area contributed by atoms with Crippen LogP contribution in [0.15, 0.2) is 24.3 Å². The molecule has 126 valence electrons. The lowest BCUT2D eigenvalue weighted by Gasteiger charge is -2.36. The van der Waals surface area contributed by atoms with Crippen LogP contribution in [0.3, 0.4) is 0 Å². The molecule has 4 nitrogen and oxygen atoms in total. The Morgan fingerprint density at radius 3 is 2.87 bits per heavy atom. The first-order valence-corrected chi connectivity index (χ1v) is 8.24. The van der Waals surface area contributed by atoms with Gasteiger partial charge in [-0.05, 0) is 49.3 Å². The highest BCUT2D eigenvalue weighted by atomic mass is 19.1. The van der Waals surface area contributed by atoms with E-state index in [9.17, 15) is 14.0 Å². The third-order valence-corrected chi connectivity index (χ3v) is 4.54. The van der Waals surface area contributed by atoms with Crippen molar-refractivity contribution >= 4 is 11.9 Å². The maximum Gasteiger partial charge on any atom is 0.303 e. The molecule has 0 aromatic heterocycles. The number of rotatable bonds is 6. The fraction of sp³-hybridized carbons (Fsp3) is 0.556. The zero-order chi connectivity index (χ0) is 16.8. The number of hydrogen-bond donors (Lipinski definition) is 1. The monoisotopic (exact) mass is 321 g/mol. The predicted octanol–water partition coefficient (Wildman–Crippen LogP) is 3.57. The first kappa shape index (κ1) is 17.4. The average Bonchev–Trinajstić information content (AvgIpc) is 2.53. The van der Waals surface area contributed by atoms with Crippen LogP contribution in [-0.4, -0.2) is 34.5 Å². The Morgan fingerprint density at radius 2 is 2.17 bits per heavy atom. The van der Waals surface area contributed by atoms with E-state index in [0.29, 0.717) is 19.4 Å². The fourth-order valence-corrected chi connectivity index (χ4v) is 3.23. The molecule has 23 heavy (non-hydrogen) atoms. The topological polar surface area (TPSA) is 57.6 Å². The van der Waals surface area contributed by atoms with Crippen molar-refractivity contribution in [1.82, 2.24) is 4.90 Å². The van der Waals surface area contributed by atoms with Gasteiger partial charge in [0, 0.05) is 25.4 Å². The number of aliphatic carboxylic acids is 1. The van der Waals surface area contributed by atoms with Gasteiger partial charge in [-0.2, -0.15) is 0 Å². The minimum absolute atomic E-state index is 0.0204. The molecule has 0 bridgehead atoms. The number of piperidine rings is 1. The summed E-state index contributed by atoms with van der Waals surface area (Å²) < 4.78 is 13.3. The number of halogens is 1. The Kier molecular flexibility index (Phi) is 6.13. The quantitative estimate of drug-likeness (QED) is 0.871. The Balaban J connectivity index is 1.98. The van der Waals surface area contributed by atoms with Crippen molar-refractivity contribution in [2.24, 2.45) is 0 Å². The van der Waals surface area contributed by atoms with Crippen molar-refractivity contribution in [1.29, 1.82) is 0 Å². The third kappa shape index (κ3) is 5.05. The Labute approximate surface area is 136 Å². The van der Waals surface area contributed by atoms with Crippen molar-refractivity contribution in [2.75, 3.05) is 6.54 Å². The van der Waals surface area contributed by atoms with Crippen LogP contribution in [0, 0.1) is 5.82 Å². The molecule has 2 rings (SSSR count). The molecule has 2 atom stereocenters. The standard InChI is InChI=1S/C18H24FNO3/c1-13(14-5-4-6-15(19)12-14)11-17(21)20-10-3-2-7-16(20)8-9-18(22)23/h4-6,12-13,16H,2-3,7-11H2,1H3,(H,22,23). The van der Waals surface area contributed by atoms with Crippen molar-refractivity contribution in [2.45, 2.75) is 57.4 Å². The van der Waals surface area contributed by atoms with Crippen LogP contribution in [0.25, 0.3) is 0 Å². The molecule has 0 aliphatic carbocycles. The van der Waals surface area contributed by atoms with Crippen LogP contribution in [0.2, 0.25) is 0 Å². The second kappa shape index (κ2) is 8.09. The maximum atomic E-state index is 13.3. The molecule has 0 spiro atoms. The zero-order valence-corrected chi connectivity index (χ0v) is 13.5. The predicted molar refractivity (Wildman–Crippen MR) is 85.7 cm³/mol. The highest BCUT2D eigenvalue weighted by molar-refractivity contribution is 5.77. The van der Waals surface area contributed by atoms with Crippen LogP contribution >= 0.6 is 0 Å². The minimum atomic E-state index is -0.823. The van der Waals surface area contributed by atoms with Gasteiger partial charge in [-0.1, -0.05) is 19.1 Å². The van der Waals surface area contributed by atoms with Crippen molar-refractivity contribution in [3.05, 3.63) is 35.6 Å². The van der Waals surface area contributed by atoms with Gasteiger partial charge in [0.15, 0.2) is 0 Å². The summed E-state index contributed by atoms with van der Waals surface area (Å²) >= 11 is 0. The molecule has 1 fully saturated rings. The average molecular weight is 321 g/mol. The molecule has 0 radical (unpaired) electrons. The number of likely N-dealkylation sites (tertiary alicyclic amines) is 1. The van der Waals surface area contributed by atoms with Crippen LogP contribution in [0.1, 0.15) is 56.9 Å². The molecule has 5 heteroatoms. The van der Waals surface area contributed by atoms with Gasteiger partial charge in [0.05, 0.1) is 0 Å². The molecule has 1 amide bonds.